The minimum atomic E-state index is 0.534. The van der Waals surface area contributed by atoms with Crippen molar-refractivity contribution in [3.05, 3.63) is 60.3 Å². The molecule has 0 saturated carbocycles. The number of hydrogen-bond donors (Lipinski definition) is 0. The first-order chi connectivity index (χ1) is 8.84. The summed E-state index contributed by atoms with van der Waals surface area (Å²) in [5, 5.41) is 1.97. The molecule has 18 heavy (non-hydrogen) atoms. The Morgan fingerprint density at radius 2 is 2.00 bits per heavy atom. The molecule has 0 aliphatic rings. The van der Waals surface area contributed by atoms with Crippen molar-refractivity contribution in [2.45, 2.75) is 13.5 Å². The fourth-order valence-corrected chi connectivity index (χ4v) is 1.98. The molecule has 1 aromatic carbocycles. The number of furan rings is 1. The van der Waals surface area contributed by atoms with Gasteiger partial charge in [0, 0.05) is 11.6 Å². The van der Waals surface area contributed by atoms with Crippen LogP contribution in [0.5, 0.6) is 5.75 Å². The molecule has 3 rings (SSSR count). The van der Waals surface area contributed by atoms with E-state index < -0.39 is 0 Å². The lowest BCUT2D eigenvalue weighted by Crippen LogP contribution is -1.96. The minimum Gasteiger partial charge on any atom is -0.487 e. The van der Waals surface area contributed by atoms with Crippen LogP contribution < -0.4 is 4.74 Å². The van der Waals surface area contributed by atoms with Crippen LogP contribution in [0, 0.1) is 6.92 Å². The van der Waals surface area contributed by atoms with Crippen LogP contribution in [0.3, 0.4) is 0 Å². The molecule has 0 bridgehead atoms. The second-order valence-electron chi connectivity index (χ2n) is 4.17. The maximum absolute atomic E-state index is 5.82. The summed E-state index contributed by atoms with van der Waals surface area (Å²) >= 11 is 0. The van der Waals surface area contributed by atoms with Gasteiger partial charge in [-0.05, 0) is 12.5 Å². The summed E-state index contributed by atoms with van der Waals surface area (Å²) in [5.74, 6) is 1.62. The predicted molar refractivity (Wildman–Crippen MR) is 69.5 cm³/mol. The van der Waals surface area contributed by atoms with Crippen molar-refractivity contribution in [2.75, 3.05) is 0 Å². The molecule has 0 amide bonds. The van der Waals surface area contributed by atoms with E-state index >= 15 is 0 Å². The highest BCUT2D eigenvalue weighted by molar-refractivity contribution is 5.88. The number of nitrogens with zero attached hydrogens (tertiary/aromatic N) is 1. The van der Waals surface area contributed by atoms with Gasteiger partial charge in [0.05, 0.1) is 11.6 Å². The SMILES string of the molecule is Cc1occ2cncc(OCc3ccccc3)c12. The topological polar surface area (TPSA) is 35.3 Å². The van der Waals surface area contributed by atoms with E-state index in [9.17, 15) is 0 Å². The third-order valence-electron chi connectivity index (χ3n) is 2.89. The van der Waals surface area contributed by atoms with E-state index in [1.165, 1.54) is 0 Å². The summed E-state index contributed by atoms with van der Waals surface area (Å²) in [4.78, 5) is 4.15. The summed E-state index contributed by atoms with van der Waals surface area (Å²) in [6, 6.07) is 10.1. The van der Waals surface area contributed by atoms with Gasteiger partial charge in [0.25, 0.3) is 0 Å². The van der Waals surface area contributed by atoms with Gasteiger partial charge in [-0.1, -0.05) is 30.3 Å². The Morgan fingerprint density at radius 1 is 1.17 bits per heavy atom. The summed E-state index contributed by atoms with van der Waals surface area (Å²) < 4.78 is 11.2. The number of aromatic nitrogens is 1. The van der Waals surface area contributed by atoms with Crippen molar-refractivity contribution < 1.29 is 9.15 Å². The van der Waals surface area contributed by atoms with Gasteiger partial charge in [-0.15, -0.1) is 0 Å². The first-order valence-electron chi connectivity index (χ1n) is 5.83. The first kappa shape index (κ1) is 10.8. The average Bonchev–Trinajstić information content (AvgIpc) is 2.80. The lowest BCUT2D eigenvalue weighted by molar-refractivity contribution is 0.308. The molecule has 0 aliphatic heterocycles. The Kier molecular flexibility index (Phi) is 2.73. The van der Waals surface area contributed by atoms with Crippen molar-refractivity contribution in [1.82, 2.24) is 4.98 Å². The van der Waals surface area contributed by atoms with E-state index in [2.05, 4.69) is 4.98 Å². The standard InChI is InChI=1S/C15H13NO2/c1-11-15-13(10-17-11)7-16-8-14(15)18-9-12-5-3-2-4-6-12/h2-8,10H,9H2,1H3. The predicted octanol–water partition coefficient (Wildman–Crippen LogP) is 3.72. The van der Waals surface area contributed by atoms with Crippen molar-refractivity contribution in [1.29, 1.82) is 0 Å². The number of rotatable bonds is 3. The Balaban J connectivity index is 1.89. The Labute approximate surface area is 105 Å². The van der Waals surface area contributed by atoms with Crippen LogP contribution in [0.25, 0.3) is 10.8 Å². The van der Waals surface area contributed by atoms with E-state index in [0.29, 0.717) is 6.61 Å². The van der Waals surface area contributed by atoms with Gasteiger partial charge in [0.2, 0.25) is 0 Å². The van der Waals surface area contributed by atoms with E-state index in [1.54, 1.807) is 18.7 Å². The lowest BCUT2D eigenvalue weighted by atomic mass is 10.2. The third-order valence-corrected chi connectivity index (χ3v) is 2.89. The molecule has 0 spiro atoms. The summed E-state index contributed by atoms with van der Waals surface area (Å²) in [6.45, 7) is 2.46. The molecule has 2 aromatic heterocycles. The van der Waals surface area contributed by atoms with Crippen LogP contribution in [0.15, 0.2) is 53.4 Å². The van der Waals surface area contributed by atoms with Crippen LogP contribution in [0.2, 0.25) is 0 Å². The van der Waals surface area contributed by atoms with Gasteiger partial charge in [0.1, 0.15) is 24.4 Å². The molecular weight excluding hydrogens is 226 g/mol. The molecule has 0 saturated heterocycles. The fraction of sp³-hybridized carbons (Fsp3) is 0.133. The number of fused-ring (bicyclic) bond motifs is 1. The van der Waals surface area contributed by atoms with Gasteiger partial charge in [-0.2, -0.15) is 0 Å². The average molecular weight is 239 g/mol. The van der Waals surface area contributed by atoms with Crippen LogP contribution in [0.4, 0.5) is 0 Å². The third kappa shape index (κ3) is 1.95. The fourth-order valence-electron chi connectivity index (χ4n) is 1.98. The highest BCUT2D eigenvalue weighted by Gasteiger charge is 2.09. The smallest absolute Gasteiger partial charge is 0.149 e. The molecule has 0 unspecified atom stereocenters. The zero-order valence-corrected chi connectivity index (χ0v) is 10.1. The minimum absolute atomic E-state index is 0.534. The highest BCUT2D eigenvalue weighted by atomic mass is 16.5. The van der Waals surface area contributed by atoms with Crippen molar-refractivity contribution in [3.63, 3.8) is 0 Å². The van der Waals surface area contributed by atoms with Crippen molar-refractivity contribution in [2.24, 2.45) is 0 Å². The van der Waals surface area contributed by atoms with Crippen molar-refractivity contribution >= 4 is 10.8 Å². The molecule has 3 nitrogen and oxygen atoms in total. The monoisotopic (exact) mass is 239 g/mol. The Bertz CT molecular complexity index is 659. The molecular formula is C15H13NO2. The van der Waals surface area contributed by atoms with E-state index in [0.717, 1.165) is 27.8 Å². The maximum atomic E-state index is 5.82. The molecule has 0 aliphatic carbocycles. The van der Waals surface area contributed by atoms with Crippen LogP contribution in [0.1, 0.15) is 11.3 Å². The normalized spacial score (nSPS) is 10.7. The van der Waals surface area contributed by atoms with E-state index in [1.807, 2.05) is 37.3 Å². The molecule has 3 heteroatoms. The second-order valence-corrected chi connectivity index (χ2v) is 4.17. The quantitative estimate of drug-likeness (QED) is 0.698. The van der Waals surface area contributed by atoms with Crippen LogP contribution >= 0.6 is 0 Å². The highest BCUT2D eigenvalue weighted by Crippen LogP contribution is 2.29. The molecule has 0 N–H and O–H groups in total. The van der Waals surface area contributed by atoms with E-state index in [-0.39, 0.29) is 0 Å². The largest absolute Gasteiger partial charge is 0.487 e. The molecule has 2 heterocycles. The number of benzene rings is 1. The number of pyridine rings is 1. The number of hydrogen-bond acceptors (Lipinski definition) is 3. The Morgan fingerprint density at radius 3 is 2.83 bits per heavy atom. The summed E-state index contributed by atoms with van der Waals surface area (Å²) in [5.41, 5.74) is 1.13. The molecule has 3 aromatic rings. The van der Waals surface area contributed by atoms with Crippen molar-refractivity contribution in [3.8, 4) is 5.75 Å². The summed E-state index contributed by atoms with van der Waals surface area (Å²) in [6.07, 6.45) is 5.21. The summed E-state index contributed by atoms with van der Waals surface area (Å²) in [7, 11) is 0. The lowest BCUT2D eigenvalue weighted by Gasteiger charge is -2.07. The Hall–Kier alpha value is -2.29. The zero-order valence-electron chi connectivity index (χ0n) is 10.1. The molecule has 0 radical (unpaired) electrons. The number of ether oxygens (including phenoxy) is 1. The van der Waals surface area contributed by atoms with Gasteiger partial charge in [-0.25, -0.2) is 0 Å². The zero-order chi connectivity index (χ0) is 12.4. The first-order valence-corrected chi connectivity index (χ1v) is 5.83. The van der Waals surface area contributed by atoms with Gasteiger partial charge in [-0.3, -0.25) is 4.98 Å². The maximum Gasteiger partial charge on any atom is 0.149 e. The van der Waals surface area contributed by atoms with Crippen LogP contribution in [-0.4, -0.2) is 4.98 Å². The molecule has 0 fully saturated rings. The molecule has 90 valence electrons. The van der Waals surface area contributed by atoms with Gasteiger partial charge >= 0.3 is 0 Å². The van der Waals surface area contributed by atoms with E-state index in [4.69, 9.17) is 9.15 Å². The van der Waals surface area contributed by atoms with Gasteiger partial charge in [0.15, 0.2) is 0 Å². The second kappa shape index (κ2) is 4.53. The number of aryl methyl sites for hydroxylation is 1. The van der Waals surface area contributed by atoms with Crippen LogP contribution in [-0.2, 0) is 6.61 Å². The molecule has 0 atom stereocenters. The van der Waals surface area contributed by atoms with Gasteiger partial charge < -0.3 is 9.15 Å².